The Morgan fingerprint density at radius 3 is 2.78 bits per heavy atom. The number of nitrogens with zero attached hydrogens (tertiary/aromatic N) is 2. The second kappa shape index (κ2) is 4.92. The summed E-state index contributed by atoms with van der Waals surface area (Å²) in [5.41, 5.74) is 3.42. The van der Waals surface area contributed by atoms with Gasteiger partial charge in [-0.15, -0.1) is 0 Å². The summed E-state index contributed by atoms with van der Waals surface area (Å²) in [7, 11) is 1.84. The van der Waals surface area contributed by atoms with Gasteiger partial charge in [0, 0.05) is 25.5 Å². The number of anilines is 1. The van der Waals surface area contributed by atoms with Crippen LogP contribution in [0.25, 0.3) is 0 Å². The first-order valence-electron chi connectivity index (χ1n) is 5.65. The molecule has 0 amide bonds. The molecule has 1 aromatic heterocycles. The summed E-state index contributed by atoms with van der Waals surface area (Å²) in [5.74, 6) is -0.232. The van der Waals surface area contributed by atoms with Crippen LogP contribution >= 0.6 is 0 Å². The fourth-order valence-electron chi connectivity index (χ4n) is 1.86. The molecule has 0 aliphatic carbocycles. The molecule has 1 N–H and O–H groups in total. The summed E-state index contributed by atoms with van der Waals surface area (Å²) < 4.78 is 14.7. The van der Waals surface area contributed by atoms with E-state index in [1.807, 2.05) is 26.2 Å². The molecular formula is C14H14FN3. The van der Waals surface area contributed by atoms with Gasteiger partial charge in [0.2, 0.25) is 0 Å². The number of hydrogen-bond donors (Lipinski definition) is 1. The summed E-state index contributed by atoms with van der Waals surface area (Å²) in [6.07, 6.45) is 1.91. The minimum atomic E-state index is -0.232. The Hall–Kier alpha value is -2.28. The Morgan fingerprint density at radius 2 is 2.17 bits per heavy atom. The van der Waals surface area contributed by atoms with Crippen molar-refractivity contribution < 1.29 is 4.39 Å². The van der Waals surface area contributed by atoms with Crippen LogP contribution in [-0.4, -0.2) is 4.57 Å². The quantitative estimate of drug-likeness (QED) is 0.900. The number of aryl methyl sites for hydroxylation is 2. The van der Waals surface area contributed by atoms with Crippen molar-refractivity contribution in [1.29, 1.82) is 5.26 Å². The van der Waals surface area contributed by atoms with Crippen LogP contribution in [-0.2, 0) is 13.6 Å². The number of nitriles is 1. The number of benzene rings is 1. The maximum Gasteiger partial charge on any atom is 0.123 e. The van der Waals surface area contributed by atoms with Crippen molar-refractivity contribution in [3.8, 4) is 6.07 Å². The van der Waals surface area contributed by atoms with Gasteiger partial charge < -0.3 is 9.88 Å². The second-order valence-corrected chi connectivity index (χ2v) is 4.27. The van der Waals surface area contributed by atoms with Crippen molar-refractivity contribution in [2.75, 3.05) is 5.32 Å². The van der Waals surface area contributed by atoms with Crippen LogP contribution in [0.15, 0.2) is 30.5 Å². The van der Waals surface area contributed by atoms with E-state index in [-0.39, 0.29) is 5.82 Å². The Bertz CT molecular complexity index is 608. The van der Waals surface area contributed by atoms with Crippen molar-refractivity contribution in [3.05, 3.63) is 53.1 Å². The summed E-state index contributed by atoms with van der Waals surface area (Å²) in [6.45, 7) is 2.47. The van der Waals surface area contributed by atoms with Gasteiger partial charge in [0.25, 0.3) is 0 Å². The van der Waals surface area contributed by atoms with Crippen LogP contribution < -0.4 is 5.32 Å². The molecule has 0 aliphatic heterocycles. The van der Waals surface area contributed by atoms with Gasteiger partial charge in [-0.25, -0.2) is 4.39 Å². The van der Waals surface area contributed by atoms with Crippen LogP contribution in [0, 0.1) is 24.1 Å². The van der Waals surface area contributed by atoms with E-state index < -0.39 is 0 Å². The van der Waals surface area contributed by atoms with E-state index >= 15 is 0 Å². The molecule has 1 aromatic carbocycles. The molecule has 0 saturated carbocycles. The molecule has 0 fully saturated rings. The van der Waals surface area contributed by atoms with E-state index in [1.54, 1.807) is 10.6 Å². The molecule has 0 aliphatic rings. The number of nitrogens with one attached hydrogen (secondary N) is 1. The molecule has 0 atom stereocenters. The molecular weight excluding hydrogens is 229 g/mol. The molecule has 92 valence electrons. The molecule has 2 aromatic rings. The average molecular weight is 243 g/mol. The Kier molecular flexibility index (Phi) is 3.33. The first-order valence-corrected chi connectivity index (χ1v) is 5.65. The molecule has 3 nitrogen and oxygen atoms in total. The van der Waals surface area contributed by atoms with Gasteiger partial charge in [0.15, 0.2) is 0 Å². The van der Waals surface area contributed by atoms with Crippen LogP contribution in [0.2, 0.25) is 0 Å². The van der Waals surface area contributed by atoms with E-state index in [2.05, 4.69) is 11.4 Å². The van der Waals surface area contributed by atoms with Crippen LogP contribution in [0.1, 0.15) is 16.8 Å². The van der Waals surface area contributed by atoms with Gasteiger partial charge >= 0.3 is 0 Å². The molecule has 0 bridgehead atoms. The lowest BCUT2D eigenvalue weighted by atomic mass is 10.2. The standard InChI is InChI=1S/C14H14FN3/c1-10-5-12(15)3-4-14(10)17-8-11-6-13(7-16)18(2)9-11/h3-6,9,17H,8H2,1-2H3. The van der Waals surface area contributed by atoms with Crippen molar-refractivity contribution in [2.24, 2.45) is 7.05 Å². The third kappa shape index (κ3) is 2.51. The maximum atomic E-state index is 12.9. The molecule has 4 heteroatoms. The molecule has 1 heterocycles. The third-order valence-electron chi connectivity index (χ3n) is 2.85. The lowest BCUT2D eigenvalue weighted by Gasteiger charge is -2.08. The summed E-state index contributed by atoms with van der Waals surface area (Å²) in [6, 6.07) is 8.60. The average Bonchev–Trinajstić information content (AvgIpc) is 2.69. The van der Waals surface area contributed by atoms with Crippen LogP contribution in [0.4, 0.5) is 10.1 Å². The number of rotatable bonds is 3. The number of hydrogen-bond acceptors (Lipinski definition) is 2. The normalized spacial score (nSPS) is 10.1. The van der Waals surface area contributed by atoms with Gasteiger partial charge in [0.1, 0.15) is 17.6 Å². The van der Waals surface area contributed by atoms with E-state index in [4.69, 9.17) is 5.26 Å². The topological polar surface area (TPSA) is 40.8 Å². The molecule has 2 rings (SSSR count). The summed E-state index contributed by atoms with van der Waals surface area (Å²) in [4.78, 5) is 0. The zero-order chi connectivity index (χ0) is 13.1. The van der Waals surface area contributed by atoms with Gasteiger partial charge in [-0.1, -0.05) is 0 Å². The van der Waals surface area contributed by atoms with E-state index in [0.29, 0.717) is 12.2 Å². The minimum absolute atomic E-state index is 0.232. The van der Waals surface area contributed by atoms with E-state index in [9.17, 15) is 4.39 Å². The first kappa shape index (κ1) is 12.2. The summed E-state index contributed by atoms with van der Waals surface area (Å²) in [5, 5.41) is 12.1. The fourth-order valence-corrected chi connectivity index (χ4v) is 1.86. The Morgan fingerprint density at radius 1 is 1.39 bits per heavy atom. The number of halogens is 1. The highest BCUT2D eigenvalue weighted by atomic mass is 19.1. The maximum absolute atomic E-state index is 12.9. The third-order valence-corrected chi connectivity index (χ3v) is 2.85. The molecule has 0 spiro atoms. The predicted octanol–water partition coefficient (Wildman–Crippen LogP) is 2.96. The van der Waals surface area contributed by atoms with Crippen molar-refractivity contribution in [1.82, 2.24) is 4.57 Å². The van der Waals surface area contributed by atoms with E-state index in [1.165, 1.54) is 12.1 Å². The highest BCUT2D eigenvalue weighted by molar-refractivity contribution is 5.51. The molecule has 18 heavy (non-hydrogen) atoms. The van der Waals surface area contributed by atoms with Gasteiger partial charge in [-0.3, -0.25) is 0 Å². The van der Waals surface area contributed by atoms with Gasteiger partial charge in [0.05, 0.1) is 0 Å². The SMILES string of the molecule is Cc1cc(F)ccc1NCc1cc(C#N)n(C)c1. The van der Waals surface area contributed by atoms with Gasteiger partial charge in [-0.2, -0.15) is 5.26 Å². The molecule has 0 radical (unpaired) electrons. The fraction of sp³-hybridized carbons (Fsp3) is 0.214. The largest absolute Gasteiger partial charge is 0.381 e. The lowest BCUT2D eigenvalue weighted by Crippen LogP contribution is -2.00. The monoisotopic (exact) mass is 243 g/mol. The highest BCUT2D eigenvalue weighted by Crippen LogP contribution is 2.17. The molecule has 0 unspecified atom stereocenters. The zero-order valence-corrected chi connectivity index (χ0v) is 10.4. The zero-order valence-electron chi connectivity index (χ0n) is 10.4. The summed E-state index contributed by atoms with van der Waals surface area (Å²) >= 11 is 0. The first-order chi connectivity index (χ1) is 8.60. The van der Waals surface area contributed by atoms with E-state index in [0.717, 1.165) is 16.8 Å². The van der Waals surface area contributed by atoms with Crippen molar-refractivity contribution >= 4 is 5.69 Å². The predicted molar refractivity (Wildman–Crippen MR) is 68.6 cm³/mol. The highest BCUT2D eigenvalue weighted by Gasteiger charge is 2.03. The second-order valence-electron chi connectivity index (χ2n) is 4.27. The van der Waals surface area contributed by atoms with Crippen molar-refractivity contribution in [3.63, 3.8) is 0 Å². The van der Waals surface area contributed by atoms with Gasteiger partial charge in [-0.05, 0) is 42.3 Å². The minimum Gasteiger partial charge on any atom is -0.381 e. The van der Waals surface area contributed by atoms with Crippen molar-refractivity contribution in [2.45, 2.75) is 13.5 Å². The van der Waals surface area contributed by atoms with Crippen LogP contribution in [0.3, 0.4) is 0 Å². The Balaban J connectivity index is 2.09. The molecule has 0 saturated heterocycles. The smallest absolute Gasteiger partial charge is 0.123 e. The van der Waals surface area contributed by atoms with Crippen LogP contribution in [0.5, 0.6) is 0 Å². The number of aromatic nitrogens is 1. The Labute approximate surface area is 105 Å². The lowest BCUT2D eigenvalue weighted by molar-refractivity contribution is 0.627.